The largest absolute Gasteiger partial charge is 0.371 e. The molecule has 0 aliphatic rings. The third-order valence-corrected chi connectivity index (χ3v) is 1.77. The zero-order chi connectivity index (χ0) is 9.80. The molecule has 0 amide bonds. The average Bonchev–Trinajstić information content (AvgIpc) is 2.68. The summed E-state index contributed by atoms with van der Waals surface area (Å²) in [4.78, 5) is 0. The fraction of sp³-hybridized carbons (Fsp3) is 0.111. The van der Waals surface area contributed by atoms with E-state index in [-0.39, 0.29) is 0 Å². The van der Waals surface area contributed by atoms with Gasteiger partial charge in [-0.1, -0.05) is 18.2 Å². The van der Waals surface area contributed by atoms with E-state index < -0.39 is 0 Å². The molecule has 1 aromatic heterocycles. The molecule has 1 radical (unpaired) electrons. The molecule has 5 heteroatoms. The molecule has 2 aromatic rings. The minimum atomic E-state index is 0.294. The van der Waals surface area contributed by atoms with E-state index in [1.807, 2.05) is 30.3 Å². The lowest BCUT2D eigenvalue weighted by molar-refractivity contribution is 0.218. The number of ether oxygens (including phenoxy) is 1. The smallest absolute Gasteiger partial charge is 0.182 e. The van der Waals surface area contributed by atoms with E-state index in [4.69, 9.17) is 4.74 Å². The molecule has 0 N–H and O–H groups in total. The Morgan fingerprint density at radius 1 is 1.29 bits per heavy atom. The highest BCUT2D eigenvalue weighted by Gasteiger charge is 2.06. The fourth-order valence-corrected chi connectivity index (χ4v) is 1.16. The van der Waals surface area contributed by atoms with Crippen LogP contribution in [0.15, 0.2) is 30.3 Å². The Morgan fingerprint density at radius 3 is 2.79 bits per heavy atom. The van der Waals surface area contributed by atoms with Crippen molar-refractivity contribution < 1.29 is 4.74 Å². The van der Waals surface area contributed by atoms with E-state index in [9.17, 15) is 0 Å². The van der Waals surface area contributed by atoms with Gasteiger partial charge in [0.25, 0.3) is 0 Å². The van der Waals surface area contributed by atoms with Crippen LogP contribution in [0.1, 0.15) is 5.82 Å². The minimum absolute atomic E-state index is 0.294. The van der Waals surface area contributed by atoms with Crippen LogP contribution in [0.4, 0.5) is 0 Å². The van der Waals surface area contributed by atoms with Crippen molar-refractivity contribution in [3.8, 4) is 5.69 Å². The Kier molecular flexibility index (Phi) is 2.51. The molecular formula is C9H9N4O. The summed E-state index contributed by atoms with van der Waals surface area (Å²) in [5, 5.41) is 11.2. The van der Waals surface area contributed by atoms with Crippen molar-refractivity contribution in [2.24, 2.45) is 0 Å². The normalized spacial score (nSPS) is 10.4. The maximum absolute atomic E-state index is 4.74. The van der Waals surface area contributed by atoms with E-state index >= 15 is 0 Å². The second-order valence-electron chi connectivity index (χ2n) is 2.69. The number of hydrogen-bond donors (Lipinski definition) is 0. The van der Waals surface area contributed by atoms with E-state index in [1.165, 1.54) is 0 Å². The Balaban J connectivity index is 2.37. The summed E-state index contributed by atoms with van der Waals surface area (Å²) in [7, 11) is 3.29. The summed E-state index contributed by atoms with van der Waals surface area (Å²) in [6, 6.07) is 9.62. The fourth-order valence-electron chi connectivity index (χ4n) is 1.16. The molecule has 0 bridgehead atoms. The summed E-state index contributed by atoms with van der Waals surface area (Å²) < 4.78 is 6.35. The zero-order valence-electron chi connectivity index (χ0n) is 7.50. The third kappa shape index (κ3) is 1.62. The quantitative estimate of drug-likeness (QED) is 0.722. The molecular weight excluding hydrogens is 180 g/mol. The molecule has 2 rings (SSSR count). The number of hydrogen-bond acceptors (Lipinski definition) is 4. The van der Waals surface area contributed by atoms with Crippen molar-refractivity contribution in [1.29, 1.82) is 0 Å². The highest BCUT2D eigenvalue weighted by atomic mass is 16.5. The van der Waals surface area contributed by atoms with Gasteiger partial charge in [0, 0.05) is 0 Å². The van der Waals surface area contributed by atoms with Crippen molar-refractivity contribution in [1.82, 2.24) is 20.2 Å². The summed E-state index contributed by atoms with van der Waals surface area (Å²) in [5.41, 5.74) is 0.907. The van der Waals surface area contributed by atoms with Crippen molar-refractivity contribution in [2.45, 2.75) is 6.61 Å². The van der Waals surface area contributed by atoms with Crippen molar-refractivity contribution >= 4 is 0 Å². The molecule has 0 unspecified atom stereocenters. The van der Waals surface area contributed by atoms with Crippen LogP contribution in [-0.4, -0.2) is 20.2 Å². The number of tetrazole rings is 1. The van der Waals surface area contributed by atoms with Crippen LogP contribution < -0.4 is 0 Å². The van der Waals surface area contributed by atoms with E-state index in [2.05, 4.69) is 22.6 Å². The molecule has 0 spiro atoms. The SMILES string of the molecule is [CH2]OCc1nnnn1-c1ccccc1. The Hall–Kier alpha value is -1.75. The van der Waals surface area contributed by atoms with Crippen LogP contribution in [0, 0.1) is 7.11 Å². The Labute approximate surface area is 81.3 Å². The van der Waals surface area contributed by atoms with Crippen LogP contribution in [0.25, 0.3) is 5.69 Å². The van der Waals surface area contributed by atoms with Crippen molar-refractivity contribution in [3.05, 3.63) is 43.3 Å². The second kappa shape index (κ2) is 3.97. The first-order valence-electron chi connectivity index (χ1n) is 4.11. The summed E-state index contributed by atoms with van der Waals surface area (Å²) in [6.45, 7) is 0.294. The standard InChI is InChI=1S/C9H9N4O/c1-14-7-9-10-11-12-13(9)8-5-3-2-4-6-8/h2-6H,1,7H2. The molecule has 1 heterocycles. The molecule has 5 nitrogen and oxygen atoms in total. The topological polar surface area (TPSA) is 52.8 Å². The summed E-state index contributed by atoms with van der Waals surface area (Å²) >= 11 is 0. The van der Waals surface area contributed by atoms with Crippen LogP contribution in [0.2, 0.25) is 0 Å². The van der Waals surface area contributed by atoms with Crippen LogP contribution in [0.3, 0.4) is 0 Å². The van der Waals surface area contributed by atoms with Gasteiger partial charge in [-0.15, -0.1) is 5.10 Å². The maximum atomic E-state index is 4.74. The zero-order valence-corrected chi connectivity index (χ0v) is 7.50. The number of rotatable bonds is 3. The predicted octanol–water partition coefficient (Wildman–Crippen LogP) is 0.970. The van der Waals surface area contributed by atoms with Gasteiger partial charge >= 0.3 is 0 Å². The molecule has 0 saturated heterocycles. The first-order valence-corrected chi connectivity index (χ1v) is 4.11. The molecule has 0 saturated carbocycles. The predicted molar refractivity (Wildman–Crippen MR) is 49.3 cm³/mol. The lowest BCUT2D eigenvalue weighted by Gasteiger charge is -2.02. The molecule has 0 aliphatic heterocycles. The highest BCUT2D eigenvalue weighted by Crippen LogP contribution is 2.07. The molecule has 0 aliphatic carbocycles. The van der Waals surface area contributed by atoms with Gasteiger partial charge in [0.05, 0.1) is 12.8 Å². The number of para-hydroxylation sites is 1. The second-order valence-corrected chi connectivity index (χ2v) is 2.69. The van der Waals surface area contributed by atoms with Gasteiger partial charge in [-0.2, -0.15) is 4.68 Å². The highest BCUT2D eigenvalue weighted by molar-refractivity contribution is 5.30. The maximum Gasteiger partial charge on any atom is 0.182 e. The number of benzene rings is 1. The Morgan fingerprint density at radius 2 is 2.07 bits per heavy atom. The van der Waals surface area contributed by atoms with Crippen LogP contribution in [-0.2, 0) is 11.3 Å². The first-order chi connectivity index (χ1) is 6.92. The summed E-state index contributed by atoms with van der Waals surface area (Å²) in [5.74, 6) is 0.631. The minimum Gasteiger partial charge on any atom is -0.371 e. The van der Waals surface area contributed by atoms with Crippen LogP contribution >= 0.6 is 0 Å². The monoisotopic (exact) mass is 189 g/mol. The lowest BCUT2D eigenvalue weighted by atomic mass is 10.3. The lowest BCUT2D eigenvalue weighted by Crippen LogP contribution is -2.03. The van der Waals surface area contributed by atoms with Gasteiger partial charge in [0.2, 0.25) is 0 Å². The van der Waals surface area contributed by atoms with E-state index in [1.54, 1.807) is 4.68 Å². The van der Waals surface area contributed by atoms with Gasteiger partial charge < -0.3 is 4.74 Å². The number of aromatic nitrogens is 4. The van der Waals surface area contributed by atoms with Gasteiger partial charge in [-0.25, -0.2) is 0 Å². The molecule has 14 heavy (non-hydrogen) atoms. The van der Waals surface area contributed by atoms with E-state index in [0.29, 0.717) is 12.4 Å². The van der Waals surface area contributed by atoms with Crippen molar-refractivity contribution in [3.63, 3.8) is 0 Å². The molecule has 1 aromatic carbocycles. The Bertz CT molecular complexity index is 398. The van der Waals surface area contributed by atoms with E-state index in [0.717, 1.165) is 5.69 Å². The van der Waals surface area contributed by atoms with Gasteiger partial charge in [-0.3, -0.25) is 0 Å². The van der Waals surface area contributed by atoms with Crippen molar-refractivity contribution in [2.75, 3.05) is 0 Å². The molecule has 0 atom stereocenters. The molecule has 0 fully saturated rings. The van der Waals surface area contributed by atoms with Crippen LogP contribution in [0.5, 0.6) is 0 Å². The molecule has 71 valence electrons. The summed E-state index contributed by atoms with van der Waals surface area (Å²) in [6.07, 6.45) is 0. The average molecular weight is 189 g/mol. The van der Waals surface area contributed by atoms with Gasteiger partial charge in [0.1, 0.15) is 6.61 Å². The van der Waals surface area contributed by atoms with Gasteiger partial charge in [-0.05, 0) is 22.6 Å². The van der Waals surface area contributed by atoms with Gasteiger partial charge in [0.15, 0.2) is 5.82 Å². The number of nitrogens with zero attached hydrogens (tertiary/aromatic N) is 4. The first kappa shape index (κ1) is 8.83. The third-order valence-electron chi connectivity index (χ3n) is 1.77.